The number of aryl methyl sites for hydroxylation is 1. The topological polar surface area (TPSA) is 82.5 Å². The molecule has 0 aromatic carbocycles. The van der Waals surface area contributed by atoms with Crippen molar-refractivity contribution in [3.63, 3.8) is 0 Å². The largest absolute Gasteiger partial charge is 0.394 e. The van der Waals surface area contributed by atoms with Crippen molar-refractivity contribution < 1.29 is 14.9 Å². The van der Waals surface area contributed by atoms with Gasteiger partial charge in [0.05, 0.1) is 19.8 Å². The average molecular weight is 248 g/mol. The van der Waals surface area contributed by atoms with Crippen molar-refractivity contribution >= 4 is 11.6 Å². The third-order valence-electron chi connectivity index (χ3n) is 2.14. The summed E-state index contributed by atoms with van der Waals surface area (Å²) >= 11 is 5.81. The van der Waals surface area contributed by atoms with Crippen LogP contribution in [0.4, 0.5) is 0 Å². The zero-order valence-electron chi connectivity index (χ0n) is 8.86. The minimum absolute atomic E-state index is 0.127. The second-order valence-electron chi connectivity index (χ2n) is 3.42. The minimum atomic E-state index is -0.636. The third kappa shape index (κ3) is 3.31. The molecule has 0 unspecified atom stereocenters. The molecule has 90 valence electrons. The first kappa shape index (κ1) is 13.2. The van der Waals surface area contributed by atoms with E-state index >= 15 is 0 Å². The number of aliphatic hydroxyl groups excluding tert-OH is 2. The molecule has 0 atom stereocenters. The number of hydrogen-bond acceptors (Lipinski definition) is 4. The highest BCUT2D eigenvalue weighted by Crippen LogP contribution is 2.13. The molecule has 0 radical (unpaired) electrons. The van der Waals surface area contributed by atoms with Crippen molar-refractivity contribution in [3.8, 4) is 0 Å². The molecule has 6 heteroatoms. The lowest BCUT2D eigenvalue weighted by atomic mass is 10.2. The number of rotatable bonds is 5. The van der Waals surface area contributed by atoms with Gasteiger partial charge in [-0.05, 0) is 13.0 Å². The van der Waals surface area contributed by atoms with Crippen LogP contribution in [0, 0.1) is 6.92 Å². The molecule has 0 aliphatic carbocycles. The van der Waals surface area contributed by atoms with Gasteiger partial charge in [0, 0.05) is 11.1 Å². The summed E-state index contributed by atoms with van der Waals surface area (Å²) < 4.78 is 5.20. The molecular weight excluding hydrogens is 234 g/mol. The number of pyridine rings is 1. The van der Waals surface area contributed by atoms with Gasteiger partial charge in [0.25, 0.3) is 5.56 Å². The molecule has 0 aliphatic heterocycles. The number of aromatic amines is 1. The summed E-state index contributed by atoms with van der Waals surface area (Å²) in [6, 6.07) is 1.62. The molecule has 3 N–H and O–H groups in total. The van der Waals surface area contributed by atoms with Gasteiger partial charge in [0.1, 0.15) is 11.3 Å². The maximum absolute atomic E-state index is 11.2. The SMILES string of the molecule is Cc1cc(COC(CO)CO)c(Cl)[nH]c1=O. The van der Waals surface area contributed by atoms with Crippen molar-refractivity contribution in [1.82, 2.24) is 4.98 Å². The van der Waals surface area contributed by atoms with Gasteiger partial charge in [0.15, 0.2) is 0 Å². The highest BCUT2D eigenvalue weighted by Gasteiger charge is 2.09. The van der Waals surface area contributed by atoms with Crippen LogP contribution in [-0.2, 0) is 11.3 Å². The van der Waals surface area contributed by atoms with E-state index in [0.29, 0.717) is 11.1 Å². The van der Waals surface area contributed by atoms with Crippen LogP contribution >= 0.6 is 11.6 Å². The quantitative estimate of drug-likeness (QED) is 0.650. The summed E-state index contributed by atoms with van der Waals surface area (Å²) in [5, 5.41) is 17.8. The first-order valence-electron chi connectivity index (χ1n) is 4.80. The van der Waals surface area contributed by atoms with E-state index in [-0.39, 0.29) is 30.5 Å². The van der Waals surface area contributed by atoms with Gasteiger partial charge in [-0.3, -0.25) is 4.79 Å². The molecule has 1 aromatic heterocycles. The minimum Gasteiger partial charge on any atom is -0.394 e. The Morgan fingerprint density at radius 2 is 2.12 bits per heavy atom. The van der Waals surface area contributed by atoms with Crippen LogP contribution in [0.25, 0.3) is 0 Å². The second-order valence-corrected chi connectivity index (χ2v) is 3.80. The lowest BCUT2D eigenvalue weighted by molar-refractivity contribution is -0.0285. The van der Waals surface area contributed by atoms with Crippen molar-refractivity contribution in [1.29, 1.82) is 0 Å². The molecule has 16 heavy (non-hydrogen) atoms. The van der Waals surface area contributed by atoms with Crippen LogP contribution in [-0.4, -0.2) is 34.5 Å². The molecule has 0 fully saturated rings. The predicted molar refractivity (Wildman–Crippen MR) is 59.6 cm³/mol. The Kier molecular flexibility index (Phi) is 4.95. The number of H-pyrrole nitrogens is 1. The molecule has 0 amide bonds. The summed E-state index contributed by atoms with van der Waals surface area (Å²) in [5.41, 5.74) is 0.910. The van der Waals surface area contributed by atoms with Crippen molar-refractivity contribution in [2.45, 2.75) is 19.6 Å². The van der Waals surface area contributed by atoms with Gasteiger partial charge in [0.2, 0.25) is 0 Å². The van der Waals surface area contributed by atoms with Crippen molar-refractivity contribution in [2.24, 2.45) is 0 Å². The molecule has 1 rings (SSSR count). The zero-order chi connectivity index (χ0) is 12.1. The lowest BCUT2D eigenvalue weighted by Gasteiger charge is -2.13. The summed E-state index contributed by atoms with van der Waals surface area (Å²) in [5.74, 6) is 0. The number of aromatic nitrogens is 1. The summed E-state index contributed by atoms with van der Waals surface area (Å²) in [6.07, 6.45) is -0.636. The molecular formula is C10H14ClNO4. The van der Waals surface area contributed by atoms with E-state index < -0.39 is 6.10 Å². The van der Waals surface area contributed by atoms with Crippen LogP contribution in [0.1, 0.15) is 11.1 Å². The molecule has 0 aliphatic rings. The summed E-state index contributed by atoms with van der Waals surface area (Å²) in [7, 11) is 0. The lowest BCUT2D eigenvalue weighted by Crippen LogP contribution is -2.22. The number of ether oxygens (including phenoxy) is 1. The Labute approximate surface area is 97.6 Å². The summed E-state index contributed by atoms with van der Waals surface area (Å²) in [4.78, 5) is 13.7. The van der Waals surface area contributed by atoms with E-state index in [2.05, 4.69) is 4.98 Å². The second kappa shape index (κ2) is 6.00. The van der Waals surface area contributed by atoms with Gasteiger partial charge in [-0.1, -0.05) is 11.6 Å². The van der Waals surface area contributed by atoms with Crippen LogP contribution in [0.15, 0.2) is 10.9 Å². The maximum atomic E-state index is 11.2. The fourth-order valence-corrected chi connectivity index (χ4v) is 1.34. The number of aliphatic hydroxyl groups is 2. The average Bonchev–Trinajstić information content (AvgIpc) is 2.26. The number of hydrogen-bond donors (Lipinski definition) is 3. The Hall–Kier alpha value is -0.880. The standard InChI is InChI=1S/C10H14ClNO4/c1-6-2-7(9(11)12-10(6)15)5-16-8(3-13)4-14/h2,8,13-14H,3-5H2,1H3,(H,12,15). The molecule has 0 saturated heterocycles. The monoisotopic (exact) mass is 247 g/mol. The highest BCUT2D eigenvalue weighted by atomic mass is 35.5. The van der Waals surface area contributed by atoms with Crippen LogP contribution in [0.3, 0.4) is 0 Å². The molecule has 0 saturated carbocycles. The number of halogens is 1. The van der Waals surface area contributed by atoms with E-state index in [1.165, 1.54) is 0 Å². The fourth-order valence-electron chi connectivity index (χ4n) is 1.14. The van der Waals surface area contributed by atoms with Gasteiger partial charge in [-0.2, -0.15) is 0 Å². The van der Waals surface area contributed by atoms with Crippen LogP contribution < -0.4 is 5.56 Å². The Balaban J connectivity index is 2.74. The predicted octanol–water partition coefficient (Wildman–Crippen LogP) is 0.207. The zero-order valence-corrected chi connectivity index (χ0v) is 9.62. The third-order valence-corrected chi connectivity index (χ3v) is 2.47. The van der Waals surface area contributed by atoms with E-state index in [4.69, 9.17) is 26.6 Å². The normalized spacial score (nSPS) is 11.1. The van der Waals surface area contributed by atoms with E-state index in [1.54, 1.807) is 13.0 Å². The molecule has 0 bridgehead atoms. The van der Waals surface area contributed by atoms with Crippen LogP contribution in [0.2, 0.25) is 5.15 Å². The van der Waals surface area contributed by atoms with E-state index in [9.17, 15) is 4.79 Å². The summed E-state index contributed by atoms with van der Waals surface area (Å²) in [6.45, 7) is 1.25. The highest BCUT2D eigenvalue weighted by molar-refractivity contribution is 6.30. The Bertz CT molecular complexity index is 400. The number of nitrogens with one attached hydrogen (secondary N) is 1. The van der Waals surface area contributed by atoms with Gasteiger partial charge < -0.3 is 19.9 Å². The van der Waals surface area contributed by atoms with E-state index in [1.807, 2.05) is 0 Å². The first-order valence-corrected chi connectivity index (χ1v) is 5.18. The maximum Gasteiger partial charge on any atom is 0.251 e. The van der Waals surface area contributed by atoms with Gasteiger partial charge in [-0.25, -0.2) is 0 Å². The van der Waals surface area contributed by atoms with Gasteiger partial charge in [-0.15, -0.1) is 0 Å². The van der Waals surface area contributed by atoms with Gasteiger partial charge >= 0.3 is 0 Å². The molecule has 1 aromatic rings. The Morgan fingerprint density at radius 3 is 2.69 bits per heavy atom. The molecule has 0 spiro atoms. The van der Waals surface area contributed by atoms with E-state index in [0.717, 1.165) is 0 Å². The van der Waals surface area contributed by atoms with Crippen LogP contribution in [0.5, 0.6) is 0 Å². The smallest absolute Gasteiger partial charge is 0.251 e. The molecule has 5 nitrogen and oxygen atoms in total. The first-order chi connectivity index (χ1) is 7.58. The van der Waals surface area contributed by atoms with Crippen molar-refractivity contribution in [2.75, 3.05) is 13.2 Å². The fraction of sp³-hybridized carbons (Fsp3) is 0.500. The molecule has 1 heterocycles. The van der Waals surface area contributed by atoms with Crippen molar-refractivity contribution in [3.05, 3.63) is 32.7 Å². The Morgan fingerprint density at radius 1 is 1.50 bits per heavy atom.